The second-order valence-corrected chi connectivity index (χ2v) is 6.29. The summed E-state index contributed by atoms with van der Waals surface area (Å²) in [6.07, 6.45) is 0. The van der Waals surface area contributed by atoms with Crippen LogP contribution < -0.4 is 0 Å². The topological polar surface area (TPSA) is 60.2 Å². The van der Waals surface area contributed by atoms with E-state index in [-0.39, 0.29) is 24.7 Å². The Hall–Kier alpha value is -1.92. The number of halogens is 2. The van der Waals surface area contributed by atoms with Crippen molar-refractivity contribution in [1.82, 2.24) is 9.88 Å². The fourth-order valence-electron chi connectivity index (χ4n) is 2.34. The van der Waals surface area contributed by atoms with Crippen LogP contribution in [0.15, 0.2) is 29.3 Å². The van der Waals surface area contributed by atoms with Crippen LogP contribution in [0.5, 0.6) is 0 Å². The van der Waals surface area contributed by atoms with Crippen LogP contribution in [-0.4, -0.2) is 27.4 Å². The first-order valence-corrected chi connectivity index (χ1v) is 7.84. The Bertz CT molecular complexity index is 767. The summed E-state index contributed by atoms with van der Waals surface area (Å²) >= 11 is 7.40. The van der Waals surface area contributed by atoms with Gasteiger partial charge < -0.3 is 10.0 Å². The van der Waals surface area contributed by atoms with Gasteiger partial charge in [-0.2, -0.15) is 0 Å². The molecule has 1 aromatic carbocycles. The summed E-state index contributed by atoms with van der Waals surface area (Å²) in [7, 11) is 0. The summed E-state index contributed by atoms with van der Waals surface area (Å²) in [5.74, 6) is -0.212. The lowest BCUT2D eigenvalue weighted by molar-refractivity contribution is 0.344. The average molecular weight is 338 g/mol. The van der Waals surface area contributed by atoms with E-state index in [9.17, 15) is 9.50 Å². The van der Waals surface area contributed by atoms with E-state index in [1.165, 1.54) is 23.5 Å². The Morgan fingerprint density at radius 1 is 1.50 bits per heavy atom. The summed E-state index contributed by atoms with van der Waals surface area (Å²) in [6.45, 7) is 2.13. The number of aromatic nitrogens is 1. The van der Waals surface area contributed by atoms with Crippen LogP contribution in [0.2, 0.25) is 5.02 Å². The van der Waals surface area contributed by atoms with Gasteiger partial charge in [-0.3, -0.25) is 5.41 Å². The summed E-state index contributed by atoms with van der Waals surface area (Å²) in [5.41, 5.74) is 1.56. The van der Waals surface area contributed by atoms with E-state index in [0.717, 1.165) is 5.69 Å². The molecule has 0 fully saturated rings. The van der Waals surface area contributed by atoms with Crippen LogP contribution >= 0.6 is 22.9 Å². The molecule has 0 amide bonds. The number of rotatable bonds is 3. The Morgan fingerprint density at radius 3 is 2.91 bits per heavy atom. The van der Waals surface area contributed by atoms with Crippen molar-refractivity contribution in [2.75, 3.05) is 6.54 Å². The van der Waals surface area contributed by atoms with Gasteiger partial charge in [0, 0.05) is 28.2 Å². The maximum atomic E-state index is 13.9. The van der Waals surface area contributed by atoms with Crippen molar-refractivity contribution in [3.05, 3.63) is 56.4 Å². The maximum Gasteiger partial charge on any atom is 0.135 e. The van der Waals surface area contributed by atoms with Crippen molar-refractivity contribution in [2.45, 2.75) is 13.5 Å². The molecule has 2 heterocycles. The monoisotopic (exact) mass is 337 g/mol. The molecule has 0 bridgehead atoms. The minimum absolute atomic E-state index is 0.0758. The third-order valence-electron chi connectivity index (χ3n) is 3.43. The first-order chi connectivity index (χ1) is 10.5. The first-order valence-electron chi connectivity index (χ1n) is 6.58. The van der Waals surface area contributed by atoms with Gasteiger partial charge in [0.1, 0.15) is 22.4 Å². The second kappa shape index (κ2) is 5.70. The summed E-state index contributed by atoms with van der Waals surface area (Å²) in [5, 5.41) is 21.2. The molecule has 1 aromatic heterocycles. The van der Waals surface area contributed by atoms with E-state index < -0.39 is 5.82 Å². The maximum absolute atomic E-state index is 13.9. The van der Waals surface area contributed by atoms with E-state index >= 15 is 0 Å². The Kier molecular flexibility index (Phi) is 3.88. The molecule has 22 heavy (non-hydrogen) atoms. The number of aryl methyl sites for hydroxylation is 1. The third kappa shape index (κ3) is 2.60. The van der Waals surface area contributed by atoms with Gasteiger partial charge >= 0.3 is 0 Å². The lowest BCUT2D eigenvalue weighted by Crippen LogP contribution is -2.26. The third-order valence-corrected chi connectivity index (χ3v) is 4.76. The average Bonchev–Trinajstić information content (AvgIpc) is 2.98. The number of thiazole rings is 1. The predicted molar refractivity (Wildman–Crippen MR) is 85.9 cm³/mol. The quantitative estimate of drug-likeness (QED) is 0.889. The van der Waals surface area contributed by atoms with Crippen LogP contribution in [0, 0.1) is 18.2 Å². The summed E-state index contributed by atoms with van der Waals surface area (Å²) in [4.78, 5) is 5.88. The van der Waals surface area contributed by atoms with Gasteiger partial charge in [-0.15, -0.1) is 11.3 Å². The van der Waals surface area contributed by atoms with Crippen LogP contribution in [0.25, 0.3) is 5.57 Å². The molecule has 114 valence electrons. The van der Waals surface area contributed by atoms with Gasteiger partial charge in [0.25, 0.3) is 0 Å². The van der Waals surface area contributed by atoms with Gasteiger partial charge in [0.05, 0.1) is 12.1 Å². The van der Waals surface area contributed by atoms with Crippen LogP contribution in [0.3, 0.4) is 0 Å². The molecule has 0 atom stereocenters. The predicted octanol–water partition coefficient (Wildman–Crippen LogP) is 4.01. The smallest absolute Gasteiger partial charge is 0.135 e. The molecule has 0 radical (unpaired) electrons. The number of aliphatic hydroxyl groups excluding tert-OH is 1. The van der Waals surface area contributed by atoms with Crippen LogP contribution in [0.1, 0.15) is 16.3 Å². The summed E-state index contributed by atoms with van der Waals surface area (Å²) in [6, 6.07) is 4.48. The number of nitrogens with zero attached hydrogens (tertiary/aromatic N) is 2. The molecule has 0 unspecified atom stereocenters. The zero-order valence-electron chi connectivity index (χ0n) is 11.7. The van der Waals surface area contributed by atoms with Gasteiger partial charge in [-0.25, -0.2) is 9.37 Å². The minimum atomic E-state index is -0.418. The Balaban J connectivity index is 1.87. The van der Waals surface area contributed by atoms with Crippen molar-refractivity contribution < 1.29 is 9.50 Å². The van der Waals surface area contributed by atoms with Crippen molar-refractivity contribution in [3.8, 4) is 0 Å². The highest BCUT2D eigenvalue weighted by molar-refractivity contribution is 7.11. The zero-order valence-corrected chi connectivity index (χ0v) is 13.3. The number of nitrogens with one attached hydrogen (secondary N) is 1. The fourth-order valence-corrected chi connectivity index (χ4v) is 3.42. The van der Waals surface area contributed by atoms with E-state index in [1.807, 2.05) is 12.3 Å². The second-order valence-electron chi connectivity index (χ2n) is 5.02. The Labute approximate surface area is 136 Å². The van der Waals surface area contributed by atoms with Crippen molar-refractivity contribution in [2.24, 2.45) is 0 Å². The molecular weight excluding hydrogens is 325 g/mol. The number of hydrogen-bond acceptors (Lipinski definition) is 4. The van der Waals surface area contributed by atoms with Crippen molar-refractivity contribution >= 4 is 34.3 Å². The van der Waals surface area contributed by atoms with Gasteiger partial charge in [-0.05, 0) is 19.1 Å². The van der Waals surface area contributed by atoms with E-state index in [2.05, 4.69) is 4.98 Å². The molecule has 7 heteroatoms. The highest BCUT2D eigenvalue weighted by Crippen LogP contribution is 2.31. The van der Waals surface area contributed by atoms with Gasteiger partial charge in [-0.1, -0.05) is 17.7 Å². The van der Waals surface area contributed by atoms with E-state index in [4.69, 9.17) is 17.0 Å². The first kappa shape index (κ1) is 15.0. The molecule has 0 saturated carbocycles. The van der Waals surface area contributed by atoms with Crippen LogP contribution in [0.4, 0.5) is 4.39 Å². The lowest BCUT2D eigenvalue weighted by atomic mass is 10.2. The van der Waals surface area contributed by atoms with Crippen LogP contribution in [-0.2, 0) is 6.54 Å². The molecule has 1 aliphatic heterocycles. The van der Waals surface area contributed by atoms with Crippen molar-refractivity contribution in [1.29, 1.82) is 5.41 Å². The highest BCUT2D eigenvalue weighted by atomic mass is 35.5. The molecule has 2 aromatic rings. The van der Waals surface area contributed by atoms with E-state index in [0.29, 0.717) is 21.2 Å². The highest BCUT2D eigenvalue weighted by Gasteiger charge is 2.30. The fraction of sp³-hybridized carbons (Fsp3) is 0.200. The van der Waals surface area contributed by atoms with Crippen molar-refractivity contribution in [3.63, 3.8) is 0 Å². The minimum Gasteiger partial charge on any atom is -0.510 e. The standard InChI is InChI=1S/C15H13ClFN3OS/c1-8-7-22-15(19-8)13-12(21)6-20(14(13)18)5-9-10(16)3-2-4-11(9)17/h2-4,7,18,21H,5-6H2,1H3. The molecule has 4 nitrogen and oxygen atoms in total. The molecular formula is C15H13ClFN3OS. The number of hydrogen-bond donors (Lipinski definition) is 2. The van der Waals surface area contributed by atoms with Gasteiger partial charge in [0.15, 0.2) is 0 Å². The molecule has 3 rings (SSSR count). The zero-order chi connectivity index (χ0) is 15.9. The largest absolute Gasteiger partial charge is 0.510 e. The molecule has 0 spiro atoms. The molecule has 1 aliphatic rings. The molecule has 0 aliphatic carbocycles. The SMILES string of the molecule is Cc1csc(C2=C(O)CN(Cc3c(F)cccc3Cl)C2=N)n1. The molecule has 2 N–H and O–H groups in total. The van der Waals surface area contributed by atoms with Gasteiger partial charge in [0.2, 0.25) is 0 Å². The number of amidine groups is 1. The summed E-state index contributed by atoms with van der Waals surface area (Å²) < 4.78 is 13.9. The van der Waals surface area contributed by atoms with E-state index in [1.54, 1.807) is 11.0 Å². The Morgan fingerprint density at radius 2 is 2.27 bits per heavy atom. The normalized spacial score (nSPS) is 15.0. The number of benzene rings is 1. The number of aliphatic hydroxyl groups is 1. The molecule has 0 saturated heterocycles. The lowest BCUT2D eigenvalue weighted by Gasteiger charge is -2.19.